The topological polar surface area (TPSA) is 51.6 Å². The van der Waals surface area contributed by atoms with Gasteiger partial charge in [-0.3, -0.25) is 4.98 Å². The lowest BCUT2D eigenvalue weighted by atomic mass is 9.79. The molecule has 1 saturated heterocycles. The van der Waals surface area contributed by atoms with Gasteiger partial charge in [0, 0.05) is 17.9 Å². The number of rotatable bonds is 3. The fraction of sp³-hybridized carbons (Fsp3) is 0.389. The first kappa shape index (κ1) is 16.2. The standard InChI is InChI=1S/C18H22BNO3/c1-17(2)18(3,4)23-19(22-17)16-9-15(10-20-11-16)14-7-5-13(12-21)6-8-14/h5-11,21H,12H2,1-4H3. The summed E-state index contributed by atoms with van der Waals surface area (Å²) in [6, 6.07) is 9.84. The summed E-state index contributed by atoms with van der Waals surface area (Å²) in [5.74, 6) is 0. The lowest BCUT2D eigenvalue weighted by Gasteiger charge is -2.32. The zero-order valence-electron chi connectivity index (χ0n) is 14.0. The molecule has 2 heterocycles. The van der Waals surface area contributed by atoms with E-state index in [1.165, 1.54) is 0 Å². The summed E-state index contributed by atoms with van der Waals surface area (Å²) in [5.41, 5.74) is 3.12. The zero-order valence-corrected chi connectivity index (χ0v) is 14.0. The molecule has 0 spiro atoms. The van der Waals surface area contributed by atoms with E-state index in [1.807, 2.05) is 64.2 Å². The molecule has 23 heavy (non-hydrogen) atoms. The highest BCUT2D eigenvalue weighted by Crippen LogP contribution is 2.36. The van der Waals surface area contributed by atoms with Crippen LogP contribution in [0.3, 0.4) is 0 Å². The van der Waals surface area contributed by atoms with Crippen LogP contribution in [0.2, 0.25) is 0 Å². The van der Waals surface area contributed by atoms with Gasteiger partial charge in [0.05, 0.1) is 17.8 Å². The Morgan fingerprint density at radius 3 is 2.13 bits per heavy atom. The number of hydrogen-bond acceptors (Lipinski definition) is 4. The highest BCUT2D eigenvalue weighted by atomic mass is 16.7. The van der Waals surface area contributed by atoms with E-state index in [1.54, 1.807) is 6.20 Å². The Hall–Kier alpha value is -1.69. The summed E-state index contributed by atoms with van der Waals surface area (Å²) in [5, 5.41) is 9.14. The number of benzene rings is 1. The first-order valence-electron chi connectivity index (χ1n) is 7.83. The van der Waals surface area contributed by atoms with Crippen LogP contribution in [0.5, 0.6) is 0 Å². The van der Waals surface area contributed by atoms with E-state index >= 15 is 0 Å². The normalized spacial score (nSPS) is 19.1. The Labute approximate surface area is 137 Å². The Kier molecular flexibility index (Phi) is 4.04. The first-order valence-corrected chi connectivity index (χ1v) is 7.83. The van der Waals surface area contributed by atoms with Crippen molar-refractivity contribution in [3.8, 4) is 11.1 Å². The molecule has 0 atom stereocenters. The third kappa shape index (κ3) is 3.04. The summed E-state index contributed by atoms with van der Waals surface area (Å²) in [4.78, 5) is 4.33. The van der Waals surface area contributed by atoms with E-state index in [0.29, 0.717) is 0 Å². The van der Waals surface area contributed by atoms with E-state index in [2.05, 4.69) is 4.98 Å². The summed E-state index contributed by atoms with van der Waals surface area (Å²) in [6.07, 6.45) is 3.61. The SMILES string of the molecule is CC1(C)OB(c2cncc(-c3ccc(CO)cc3)c2)OC1(C)C. The molecule has 1 aromatic carbocycles. The maximum absolute atomic E-state index is 9.14. The van der Waals surface area contributed by atoms with Crippen molar-refractivity contribution in [3.63, 3.8) is 0 Å². The molecule has 0 bridgehead atoms. The van der Waals surface area contributed by atoms with Crippen molar-refractivity contribution in [1.82, 2.24) is 4.98 Å². The fourth-order valence-electron chi connectivity index (χ4n) is 2.53. The molecule has 0 amide bonds. The van der Waals surface area contributed by atoms with Gasteiger partial charge in [0.1, 0.15) is 0 Å². The largest absolute Gasteiger partial charge is 0.496 e. The van der Waals surface area contributed by atoms with E-state index < -0.39 is 7.12 Å². The molecule has 0 saturated carbocycles. The molecule has 120 valence electrons. The molecular weight excluding hydrogens is 289 g/mol. The summed E-state index contributed by atoms with van der Waals surface area (Å²) >= 11 is 0. The molecule has 3 rings (SSSR count). The van der Waals surface area contributed by atoms with Gasteiger partial charge in [-0.2, -0.15) is 0 Å². The molecule has 5 heteroatoms. The molecule has 4 nitrogen and oxygen atoms in total. The molecule has 1 aromatic heterocycles. The molecule has 2 aromatic rings. The van der Waals surface area contributed by atoms with Crippen LogP contribution >= 0.6 is 0 Å². The Morgan fingerprint density at radius 1 is 0.957 bits per heavy atom. The Bertz CT molecular complexity index is 682. The molecular formula is C18H22BNO3. The molecule has 1 fully saturated rings. The highest BCUT2D eigenvalue weighted by Gasteiger charge is 2.51. The number of nitrogens with zero attached hydrogens (tertiary/aromatic N) is 1. The number of aliphatic hydroxyl groups is 1. The van der Waals surface area contributed by atoms with Crippen LogP contribution in [-0.4, -0.2) is 28.4 Å². The maximum Gasteiger partial charge on any atom is 0.496 e. The zero-order chi connectivity index (χ0) is 16.7. The monoisotopic (exact) mass is 311 g/mol. The van der Waals surface area contributed by atoms with Crippen molar-refractivity contribution in [2.24, 2.45) is 0 Å². The smallest absolute Gasteiger partial charge is 0.399 e. The van der Waals surface area contributed by atoms with E-state index in [4.69, 9.17) is 14.4 Å². The van der Waals surface area contributed by atoms with E-state index in [0.717, 1.165) is 22.2 Å². The Morgan fingerprint density at radius 2 is 1.57 bits per heavy atom. The van der Waals surface area contributed by atoms with Gasteiger partial charge in [0.15, 0.2) is 0 Å². The van der Waals surface area contributed by atoms with Crippen LogP contribution in [0.25, 0.3) is 11.1 Å². The van der Waals surface area contributed by atoms with Crippen molar-refractivity contribution in [1.29, 1.82) is 0 Å². The third-order valence-electron chi connectivity index (χ3n) is 4.75. The number of aliphatic hydroxyl groups excluding tert-OH is 1. The second-order valence-corrected chi connectivity index (χ2v) is 6.95. The van der Waals surface area contributed by atoms with Crippen molar-refractivity contribution < 1.29 is 14.4 Å². The van der Waals surface area contributed by atoms with Gasteiger partial charge in [0.25, 0.3) is 0 Å². The van der Waals surface area contributed by atoms with Crippen LogP contribution < -0.4 is 5.46 Å². The predicted molar refractivity (Wildman–Crippen MR) is 91.3 cm³/mol. The predicted octanol–water partition coefficient (Wildman–Crippen LogP) is 2.54. The van der Waals surface area contributed by atoms with Gasteiger partial charge in [-0.25, -0.2) is 0 Å². The first-order chi connectivity index (χ1) is 10.8. The average Bonchev–Trinajstić information content (AvgIpc) is 2.76. The average molecular weight is 311 g/mol. The summed E-state index contributed by atoms with van der Waals surface area (Å²) < 4.78 is 12.2. The number of pyridine rings is 1. The van der Waals surface area contributed by atoms with E-state index in [-0.39, 0.29) is 17.8 Å². The molecule has 0 unspecified atom stereocenters. The number of hydrogen-bond donors (Lipinski definition) is 1. The molecule has 1 aliphatic rings. The van der Waals surface area contributed by atoms with Gasteiger partial charge in [-0.15, -0.1) is 0 Å². The lowest BCUT2D eigenvalue weighted by molar-refractivity contribution is 0.00578. The van der Waals surface area contributed by atoms with Gasteiger partial charge in [-0.1, -0.05) is 30.3 Å². The van der Waals surface area contributed by atoms with Crippen molar-refractivity contribution in [2.75, 3.05) is 0 Å². The second-order valence-electron chi connectivity index (χ2n) is 6.95. The molecule has 1 N–H and O–H groups in total. The summed E-state index contributed by atoms with van der Waals surface area (Å²) in [6.45, 7) is 8.21. The van der Waals surface area contributed by atoms with Crippen LogP contribution in [0.4, 0.5) is 0 Å². The van der Waals surface area contributed by atoms with Crippen molar-refractivity contribution in [2.45, 2.75) is 45.5 Å². The van der Waals surface area contributed by atoms with Gasteiger partial charge in [0.2, 0.25) is 0 Å². The van der Waals surface area contributed by atoms with E-state index in [9.17, 15) is 0 Å². The summed E-state index contributed by atoms with van der Waals surface area (Å²) in [7, 11) is -0.413. The number of aromatic nitrogens is 1. The second kappa shape index (κ2) is 5.75. The minimum Gasteiger partial charge on any atom is -0.399 e. The lowest BCUT2D eigenvalue weighted by Crippen LogP contribution is -2.41. The van der Waals surface area contributed by atoms with Crippen molar-refractivity contribution >= 4 is 12.6 Å². The quantitative estimate of drug-likeness (QED) is 0.885. The van der Waals surface area contributed by atoms with Crippen LogP contribution in [-0.2, 0) is 15.9 Å². The fourth-order valence-corrected chi connectivity index (χ4v) is 2.53. The molecule has 0 aliphatic carbocycles. The van der Waals surface area contributed by atoms with Gasteiger partial charge >= 0.3 is 7.12 Å². The van der Waals surface area contributed by atoms with Crippen LogP contribution in [0.15, 0.2) is 42.7 Å². The maximum atomic E-state index is 9.14. The Balaban J connectivity index is 1.88. The van der Waals surface area contributed by atoms with Gasteiger partial charge < -0.3 is 14.4 Å². The van der Waals surface area contributed by atoms with Crippen LogP contribution in [0.1, 0.15) is 33.3 Å². The van der Waals surface area contributed by atoms with Crippen LogP contribution in [0, 0.1) is 0 Å². The minimum atomic E-state index is -0.413. The van der Waals surface area contributed by atoms with Gasteiger partial charge in [-0.05, 0) is 44.4 Å². The molecule has 0 radical (unpaired) electrons. The highest BCUT2D eigenvalue weighted by molar-refractivity contribution is 6.62. The van der Waals surface area contributed by atoms with Crippen molar-refractivity contribution in [3.05, 3.63) is 48.3 Å². The third-order valence-corrected chi connectivity index (χ3v) is 4.75. The minimum absolute atomic E-state index is 0.0481. The molecule has 1 aliphatic heterocycles.